The molecule has 35 heavy (non-hydrogen) atoms. The summed E-state index contributed by atoms with van der Waals surface area (Å²) in [5.74, 6) is 0. The first kappa shape index (κ1) is 21.0. The predicted molar refractivity (Wildman–Crippen MR) is 148 cm³/mol. The summed E-state index contributed by atoms with van der Waals surface area (Å²) in [6.07, 6.45) is 9.03. The molecule has 6 rings (SSSR count). The van der Waals surface area contributed by atoms with Gasteiger partial charge in [0.25, 0.3) is 0 Å². The van der Waals surface area contributed by atoms with Crippen LogP contribution in [-0.2, 0) is 6.42 Å². The monoisotopic (exact) mass is 448 g/mol. The second-order valence-electron chi connectivity index (χ2n) is 8.77. The van der Waals surface area contributed by atoms with Crippen molar-refractivity contribution in [3.05, 3.63) is 143 Å². The number of rotatable bonds is 4. The predicted octanol–water partition coefficient (Wildman–Crippen LogP) is 8.31. The third-order valence-electron chi connectivity index (χ3n) is 6.71. The van der Waals surface area contributed by atoms with Gasteiger partial charge in [0.2, 0.25) is 0 Å². The van der Waals surface area contributed by atoms with Crippen molar-refractivity contribution in [2.45, 2.75) is 6.42 Å². The van der Waals surface area contributed by atoms with Gasteiger partial charge in [-0.2, -0.15) is 0 Å². The average molecular weight is 449 g/mol. The second kappa shape index (κ2) is 9.00. The van der Waals surface area contributed by atoms with E-state index in [2.05, 4.69) is 126 Å². The summed E-state index contributed by atoms with van der Waals surface area (Å²) in [6, 6.07) is 34.2. The van der Waals surface area contributed by atoms with Crippen molar-refractivity contribution in [3.8, 4) is 11.1 Å². The van der Waals surface area contributed by atoms with E-state index in [1.165, 1.54) is 27.8 Å². The molecule has 1 aliphatic carbocycles. The number of benzene rings is 4. The van der Waals surface area contributed by atoms with Crippen LogP contribution in [0.15, 0.2) is 126 Å². The number of allylic oxidation sites excluding steroid dienone is 2. The zero-order chi connectivity index (χ0) is 23.6. The van der Waals surface area contributed by atoms with E-state index in [1.807, 2.05) is 12.4 Å². The van der Waals surface area contributed by atoms with Gasteiger partial charge in [-0.3, -0.25) is 9.98 Å². The molecule has 1 heterocycles. The largest absolute Gasteiger partial charge is 0.265 e. The molecule has 0 fully saturated rings. The molecule has 0 atom stereocenters. The summed E-state index contributed by atoms with van der Waals surface area (Å²) in [4.78, 5) is 8.73. The van der Waals surface area contributed by atoms with Crippen LogP contribution in [0.3, 0.4) is 0 Å². The molecule has 0 spiro atoms. The van der Waals surface area contributed by atoms with Gasteiger partial charge in [0.15, 0.2) is 0 Å². The summed E-state index contributed by atoms with van der Waals surface area (Å²) in [7, 11) is 0. The molecule has 1 aromatic heterocycles. The highest BCUT2D eigenvalue weighted by atomic mass is 14.7. The fraction of sp³-hybridized carbons (Fsp3) is 0.0303. The molecule has 0 unspecified atom stereocenters. The minimum atomic E-state index is 0.866. The minimum Gasteiger partial charge on any atom is -0.265 e. The lowest BCUT2D eigenvalue weighted by molar-refractivity contribution is 1.17. The summed E-state index contributed by atoms with van der Waals surface area (Å²) >= 11 is 0. The molecule has 2 heteroatoms. The van der Waals surface area contributed by atoms with E-state index < -0.39 is 0 Å². The Morgan fingerprint density at radius 2 is 1.57 bits per heavy atom. The second-order valence-corrected chi connectivity index (χ2v) is 8.77. The Hall–Kier alpha value is -4.56. The third kappa shape index (κ3) is 3.89. The molecule has 0 radical (unpaired) electrons. The van der Waals surface area contributed by atoms with E-state index in [0.717, 1.165) is 39.6 Å². The minimum absolute atomic E-state index is 0.866. The van der Waals surface area contributed by atoms with Gasteiger partial charge < -0.3 is 0 Å². The van der Waals surface area contributed by atoms with E-state index >= 15 is 0 Å². The van der Waals surface area contributed by atoms with E-state index in [1.54, 1.807) is 0 Å². The van der Waals surface area contributed by atoms with Crippen LogP contribution < -0.4 is 0 Å². The molecule has 5 aromatic rings. The van der Waals surface area contributed by atoms with Crippen LogP contribution in [0.5, 0.6) is 0 Å². The van der Waals surface area contributed by atoms with Gasteiger partial charge in [-0.15, -0.1) is 0 Å². The van der Waals surface area contributed by atoms with Gasteiger partial charge in [0.1, 0.15) is 0 Å². The third-order valence-corrected chi connectivity index (χ3v) is 6.71. The molecule has 0 saturated heterocycles. The first-order valence-corrected chi connectivity index (χ1v) is 11.8. The summed E-state index contributed by atoms with van der Waals surface area (Å²) in [5, 5.41) is 2.28. The molecule has 0 aliphatic heterocycles. The smallest absolute Gasteiger partial charge is 0.0779 e. The Kier molecular flexibility index (Phi) is 5.40. The number of hydrogen-bond donors (Lipinski definition) is 0. The topological polar surface area (TPSA) is 25.2 Å². The molecule has 1 aliphatic rings. The van der Waals surface area contributed by atoms with Crippen molar-refractivity contribution in [1.29, 1.82) is 0 Å². The number of nitrogens with zero attached hydrogens (tertiary/aromatic N) is 2. The van der Waals surface area contributed by atoms with Crippen molar-refractivity contribution in [3.63, 3.8) is 0 Å². The van der Waals surface area contributed by atoms with E-state index in [-0.39, 0.29) is 0 Å². The molecule has 0 amide bonds. The lowest BCUT2D eigenvalue weighted by Gasteiger charge is -2.21. The maximum atomic E-state index is 4.55. The van der Waals surface area contributed by atoms with Gasteiger partial charge in [0.05, 0.1) is 5.69 Å². The number of pyridine rings is 1. The lowest BCUT2D eigenvalue weighted by atomic mass is 9.84. The molecule has 0 saturated carbocycles. The van der Waals surface area contributed by atoms with Crippen LogP contribution in [0.25, 0.3) is 33.5 Å². The Bertz CT molecular complexity index is 1620. The van der Waals surface area contributed by atoms with Crippen LogP contribution in [0, 0.1) is 0 Å². The van der Waals surface area contributed by atoms with Crippen LogP contribution in [-0.4, -0.2) is 11.7 Å². The molecular weight excluding hydrogens is 424 g/mol. The van der Waals surface area contributed by atoms with Crippen LogP contribution >= 0.6 is 0 Å². The molecule has 2 nitrogen and oxygen atoms in total. The highest BCUT2D eigenvalue weighted by Crippen LogP contribution is 2.41. The van der Waals surface area contributed by atoms with E-state index in [4.69, 9.17) is 0 Å². The van der Waals surface area contributed by atoms with Crippen molar-refractivity contribution in [1.82, 2.24) is 4.98 Å². The van der Waals surface area contributed by atoms with Crippen LogP contribution in [0.4, 0.5) is 5.69 Å². The molecule has 166 valence electrons. The van der Waals surface area contributed by atoms with Gasteiger partial charge in [-0.25, -0.2) is 0 Å². The number of aromatic nitrogens is 1. The average Bonchev–Trinajstić information content (AvgIpc) is 2.93. The lowest BCUT2D eigenvalue weighted by Crippen LogP contribution is -2.02. The summed E-state index contributed by atoms with van der Waals surface area (Å²) < 4.78 is 0. The van der Waals surface area contributed by atoms with Gasteiger partial charge in [0, 0.05) is 23.3 Å². The summed E-state index contributed by atoms with van der Waals surface area (Å²) in [5.41, 5.74) is 10.6. The molecular formula is C33H24N2. The fourth-order valence-corrected chi connectivity index (χ4v) is 5.02. The normalized spacial score (nSPS) is 13.9. The van der Waals surface area contributed by atoms with E-state index in [0.29, 0.717) is 0 Å². The Morgan fingerprint density at radius 3 is 2.46 bits per heavy atom. The van der Waals surface area contributed by atoms with Crippen molar-refractivity contribution in [2.75, 3.05) is 0 Å². The highest BCUT2D eigenvalue weighted by Gasteiger charge is 2.19. The SMILES string of the molecule is C=Nc1c(/C(=C2/C=Cc3ccccc3C2)c2cccc(-c3ccncc3)c2)ccc2ccccc12. The van der Waals surface area contributed by atoms with Gasteiger partial charge in [-0.1, -0.05) is 91.0 Å². The first-order chi connectivity index (χ1) is 17.3. The molecule has 0 bridgehead atoms. The van der Waals surface area contributed by atoms with Crippen LogP contribution in [0.1, 0.15) is 22.3 Å². The number of aliphatic imine (C=N–C) groups is 1. The van der Waals surface area contributed by atoms with Crippen molar-refractivity contribution >= 4 is 34.8 Å². The standard InChI is InChI=1S/C33H24N2/c1-34-33-30-12-5-4-8-25(30)15-16-31(33)32(29-14-13-23-7-2-3-9-26(23)22-29)28-11-6-10-27(21-28)24-17-19-35-20-18-24/h2-21H,1,22H2/b32-29-. The Balaban J connectivity index is 1.62. The van der Waals surface area contributed by atoms with Crippen molar-refractivity contribution in [2.24, 2.45) is 4.99 Å². The van der Waals surface area contributed by atoms with Gasteiger partial charge in [-0.05, 0) is 75.7 Å². The fourth-order valence-electron chi connectivity index (χ4n) is 5.02. The number of fused-ring (bicyclic) bond motifs is 2. The zero-order valence-electron chi connectivity index (χ0n) is 19.4. The highest BCUT2D eigenvalue weighted by molar-refractivity contribution is 6.02. The molecule has 4 aromatic carbocycles. The van der Waals surface area contributed by atoms with E-state index in [9.17, 15) is 0 Å². The quantitative estimate of drug-likeness (QED) is 0.254. The Morgan fingerprint density at radius 1 is 0.743 bits per heavy atom. The maximum absolute atomic E-state index is 4.55. The zero-order valence-corrected chi connectivity index (χ0v) is 19.4. The Labute approximate surface area is 205 Å². The number of hydrogen-bond acceptors (Lipinski definition) is 2. The molecule has 0 N–H and O–H groups in total. The van der Waals surface area contributed by atoms with Gasteiger partial charge >= 0.3 is 0 Å². The first-order valence-electron chi connectivity index (χ1n) is 11.8. The van der Waals surface area contributed by atoms with Crippen molar-refractivity contribution < 1.29 is 0 Å². The maximum Gasteiger partial charge on any atom is 0.0779 e. The van der Waals surface area contributed by atoms with Crippen LogP contribution in [0.2, 0.25) is 0 Å². The summed E-state index contributed by atoms with van der Waals surface area (Å²) in [6.45, 7) is 3.97.